The lowest BCUT2D eigenvalue weighted by Crippen LogP contribution is -2.36. The molecule has 0 aromatic heterocycles. The van der Waals surface area contributed by atoms with Gasteiger partial charge in [0.15, 0.2) is 0 Å². The SMILES string of the molecule is Nc1ccccc1CCN1CCCC1C1CCCC1. The Morgan fingerprint density at radius 3 is 2.63 bits per heavy atom. The van der Waals surface area contributed by atoms with Crippen molar-refractivity contribution in [1.82, 2.24) is 4.90 Å². The van der Waals surface area contributed by atoms with Gasteiger partial charge in [0.2, 0.25) is 0 Å². The number of nitrogens with two attached hydrogens (primary N) is 1. The van der Waals surface area contributed by atoms with Gasteiger partial charge in [-0.2, -0.15) is 0 Å². The molecule has 2 N–H and O–H groups in total. The lowest BCUT2D eigenvalue weighted by Gasteiger charge is -2.29. The van der Waals surface area contributed by atoms with Crippen LogP contribution in [0.25, 0.3) is 0 Å². The minimum Gasteiger partial charge on any atom is -0.399 e. The van der Waals surface area contributed by atoms with Gasteiger partial charge in [-0.1, -0.05) is 31.0 Å². The maximum atomic E-state index is 6.04. The molecule has 2 fully saturated rings. The highest BCUT2D eigenvalue weighted by atomic mass is 15.2. The highest BCUT2D eigenvalue weighted by molar-refractivity contribution is 5.46. The van der Waals surface area contributed by atoms with Gasteiger partial charge in [-0.3, -0.25) is 4.90 Å². The molecule has 1 aliphatic carbocycles. The van der Waals surface area contributed by atoms with Gasteiger partial charge in [-0.15, -0.1) is 0 Å². The van der Waals surface area contributed by atoms with E-state index in [0.717, 1.165) is 24.1 Å². The van der Waals surface area contributed by atoms with Crippen LogP contribution in [-0.4, -0.2) is 24.0 Å². The maximum absolute atomic E-state index is 6.04. The largest absolute Gasteiger partial charge is 0.399 e. The van der Waals surface area contributed by atoms with E-state index >= 15 is 0 Å². The van der Waals surface area contributed by atoms with Gasteiger partial charge in [0.05, 0.1) is 0 Å². The van der Waals surface area contributed by atoms with E-state index in [1.54, 1.807) is 0 Å². The van der Waals surface area contributed by atoms with Crippen molar-refractivity contribution < 1.29 is 0 Å². The maximum Gasteiger partial charge on any atom is 0.0347 e. The molecule has 1 unspecified atom stereocenters. The van der Waals surface area contributed by atoms with Gasteiger partial charge in [0, 0.05) is 18.3 Å². The monoisotopic (exact) mass is 258 g/mol. The molecule has 1 saturated heterocycles. The zero-order chi connectivity index (χ0) is 13.1. The number of anilines is 1. The number of likely N-dealkylation sites (tertiary alicyclic amines) is 1. The number of para-hydroxylation sites is 1. The Hall–Kier alpha value is -1.02. The average Bonchev–Trinajstić information content (AvgIpc) is 3.08. The van der Waals surface area contributed by atoms with Crippen molar-refractivity contribution in [2.75, 3.05) is 18.8 Å². The van der Waals surface area contributed by atoms with E-state index in [-0.39, 0.29) is 0 Å². The Kier molecular flexibility index (Phi) is 4.07. The molecule has 3 rings (SSSR count). The third-order valence-electron chi connectivity index (χ3n) is 5.08. The van der Waals surface area contributed by atoms with Gasteiger partial charge in [-0.25, -0.2) is 0 Å². The number of nitrogen functional groups attached to an aromatic ring is 1. The first kappa shape index (κ1) is 13.0. The Balaban J connectivity index is 1.58. The number of benzene rings is 1. The summed E-state index contributed by atoms with van der Waals surface area (Å²) >= 11 is 0. The smallest absolute Gasteiger partial charge is 0.0347 e. The number of nitrogens with zero attached hydrogens (tertiary/aromatic N) is 1. The van der Waals surface area contributed by atoms with E-state index < -0.39 is 0 Å². The first-order chi connectivity index (χ1) is 9.34. The summed E-state index contributed by atoms with van der Waals surface area (Å²) in [7, 11) is 0. The van der Waals surface area contributed by atoms with Crippen molar-refractivity contribution >= 4 is 5.69 Å². The summed E-state index contributed by atoms with van der Waals surface area (Å²) in [5.74, 6) is 0.982. The van der Waals surface area contributed by atoms with Crippen LogP contribution in [-0.2, 0) is 6.42 Å². The summed E-state index contributed by atoms with van der Waals surface area (Å²) < 4.78 is 0. The molecule has 1 aromatic rings. The lowest BCUT2D eigenvalue weighted by molar-refractivity contribution is 0.193. The highest BCUT2D eigenvalue weighted by Crippen LogP contribution is 2.35. The summed E-state index contributed by atoms with van der Waals surface area (Å²) in [6, 6.07) is 9.19. The van der Waals surface area contributed by atoms with E-state index in [1.807, 2.05) is 12.1 Å². The fourth-order valence-corrected chi connectivity index (χ4v) is 4.03. The molecule has 2 aliphatic rings. The third-order valence-corrected chi connectivity index (χ3v) is 5.08. The Morgan fingerprint density at radius 2 is 1.84 bits per heavy atom. The number of hydrogen-bond donors (Lipinski definition) is 1. The second kappa shape index (κ2) is 5.96. The molecule has 2 heteroatoms. The van der Waals surface area contributed by atoms with Crippen molar-refractivity contribution in [3.63, 3.8) is 0 Å². The van der Waals surface area contributed by atoms with Crippen LogP contribution in [0.15, 0.2) is 24.3 Å². The molecular weight excluding hydrogens is 232 g/mol. The van der Waals surface area contributed by atoms with Crippen molar-refractivity contribution in [2.45, 2.75) is 51.0 Å². The summed E-state index contributed by atoms with van der Waals surface area (Å²) in [4.78, 5) is 2.74. The molecule has 0 spiro atoms. The van der Waals surface area contributed by atoms with Crippen LogP contribution < -0.4 is 5.73 Å². The van der Waals surface area contributed by atoms with E-state index in [0.29, 0.717) is 0 Å². The number of hydrogen-bond acceptors (Lipinski definition) is 2. The first-order valence-electron chi connectivity index (χ1n) is 7.92. The molecule has 0 bridgehead atoms. The topological polar surface area (TPSA) is 29.3 Å². The van der Waals surface area contributed by atoms with Gasteiger partial charge < -0.3 is 5.73 Å². The van der Waals surface area contributed by atoms with E-state index in [9.17, 15) is 0 Å². The van der Waals surface area contributed by atoms with Crippen LogP contribution in [0.4, 0.5) is 5.69 Å². The summed E-state index contributed by atoms with van der Waals surface area (Å²) in [6.45, 7) is 2.49. The van der Waals surface area contributed by atoms with Crippen molar-refractivity contribution in [3.8, 4) is 0 Å². The van der Waals surface area contributed by atoms with Gasteiger partial charge >= 0.3 is 0 Å². The molecule has 0 amide bonds. The normalized spacial score (nSPS) is 25.2. The van der Waals surface area contributed by atoms with E-state index in [2.05, 4.69) is 17.0 Å². The quantitative estimate of drug-likeness (QED) is 0.838. The fraction of sp³-hybridized carbons (Fsp3) is 0.647. The molecule has 0 radical (unpaired) electrons. The first-order valence-corrected chi connectivity index (χ1v) is 7.92. The minimum absolute atomic E-state index is 0.868. The summed E-state index contributed by atoms with van der Waals surface area (Å²) in [5.41, 5.74) is 8.32. The highest BCUT2D eigenvalue weighted by Gasteiger charge is 2.32. The third kappa shape index (κ3) is 2.94. The molecule has 1 aromatic carbocycles. The average molecular weight is 258 g/mol. The van der Waals surface area contributed by atoms with Gasteiger partial charge in [0.25, 0.3) is 0 Å². The second-order valence-corrected chi connectivity index (χ2v) is 6.24. The molecule has 19 heavy (non-hydrogen) atoms. The van der Waals surface area contributed by atoms with Crippen molar-refractivity contribution in [2.24, 2.45) is 5.92 Å². The van der Waals surface area contributed by atoms with Gasteiger partial charge in [-0.05, 0) is 56.2 Å². The van der Waals surface area contributed by atoms with Crippen LogP contribution in [0.1, 0.15) is 44.1 Å². The van der Waals surface area contributed by atoms with Crippen LogP contribution in [0.3, 0.4) is 0 Å². The standard InChI is InChI=1S/C17H26N2/c18-16-9-4-3-6-14(16)11-13-19-12-5-10-17(19)15-7-1-2-8-15/h3-4,6,9,15,17H,1-2,5,7-8,10-13,18H2. The predicted octanol–water partition coefficient (Wildman–Crippen LogP) is 3.47. The Bertz CT molecular complexity index is 409. The fourth-order valence-electron chi connectivity index (χ4n) is 4.03. The molecule has 104 valence electrons. The number of rotatable bonds is 4. The predicted molar refractivity (Wildman–Crippen MR) is 81.1 cm³/mol. The molecule has 2 nitrogen and oxygen atoms in total. The molecule has 1 aliphatic heterocycles. The molecule has 1 atom stereocenters. The summed E-state index contributed by atoms with van der Waals surface area (Å²) in [5, 5.41) is 0. The second-order valence-electron chi connectivity index (χ2n) is 6.24. The van der Waals surface area contributed by atoms with E-state index in [1.165, 1.54) is 57.2 Å². The Labute approximate surface area is 117 Å². The van der Waals surface area contributed by atoms with Crippen LogP contribution in [0.2, 0.25) is 0 Å². The Morgan fingerprint density at radius 1 is 1.05 bits per heavy atom. The lowest BCUT2D eigenvalue weighted by atomic mass is 9.96. The summed E-state index contributed by atoms with van der Waals surface area (Å²) in [6.07, 6.45) is 9.78. The van der Waals surface area contributed by atoms with E-state index in [4.69, 9.17) is 5.73 Å². The molecule has 1 saturated carbocycles. The zero-order valence-corrected chi connectivity index (χ0v) is 11.9. The van der Waals surface area contributed by atoms with Gasteiger partial charge in [0.1, 0.15) is 0 Å². The molecular formula is C17H26N2. The van der Waals surface area contributed by atoms with Crippen molar-refractivity contribution in [3.05, 3.63) is 29.8 Å². The minimum atomic E-state index is 0.868. The van der Waals surface area contributed by atoms with Crippen LogP contribution in [0, 0.1) is 5.92 Å². The van der Waals surface area contributed by atoms with Crippen molar-refractivity contribution in [1.29, 1.82) is 0 Å². The zero-order valence-electron chi connectivity index (χ0n) is 11.9. The van der Waals surface area contributed by atoms with Crippen LogP contribution >= 0.6 is 0 Å². The van der Waals surface area contributed by atoms with Crippen LogP contribution in [0.5, 0.6) is 0 Å². The molecule has 1 heterocycles.